The van der Waals surface area contributed by atoms with E-state index in [-0.39, 0.29) is 30.1 Å². The van der Waals surface area contributed by atoms with E-state index in [1.165, 1.54) is 0 Å². The minimum absolute atomic E-state index is 0. The lowest BCUT2D eigenvalue weighted by atomic mass is 9.77. The summed E-state index contributed by atoms with van der Waals surface area (Å²) in [6, 6.07) is 7.19. The highest BCUT2D eigenvalue weighted by molar-refractivity contribution is 5.99. The van der Waals surface area contributed by atoms with Gasteiger partial charge >= 0.3 is 0 Å². The summed E-state index contributed by atoms with van der Waals surface area (Å²) in [5.74, 6) is 0.0766. The average molecular weight is 310 g/mol. The van der Waals surface area contributed by atoms with Crippen molar-refractivity contribution in [1.82, 2.24) is 0 Å². The molecule has 5 nitrogen and oxygen atoms in total. The number of carbonyl (C=O) groups is 2. The van der Waals surface area contributed by atoms with Crippen molar-refractivity contribution in [2.24, 2.45) is 11.7 Å². The Morgan fingerprint density at radius 1 is 1.14 bits per heavy atom. The molecular weight excluding hydrogens is 290 g/mol. The molecule has 0 spiro atoms. The molecule has 0 aromatic heterocycles. The van der Waals surface area contributed by atoms with Crippen molar-refractivity contribution in [3.05, 3.63) is 24.3 Å². The highest BCUT2D eigenvalue weighted by Crippen LogP contribution is 2.31. The Kier molecular flexibility index (Phi) is 4.54. The van der Waals surface area contributed by atoms with E-state index in [0.717, 1.165) is 32.1 Å². The number of rotatable bonds is 4. The van der Waals surface area contributed by atoms with E-state index in [0.29, 0.717) is 11.4 Å². The highest BCUT2D eigenvalue weighted by Gasteiger charge is 2.40. The summed E-state index contributed by atoms with van der Waals surface area (Å²) in [6.07, 6.45) is 4.41. The van der Waals surface area contributed by atoms with Gasteiger partial charge in [-0.1, -0.05) is 6.07 Å². The Morgan fingerprint density at radius 2 is 1.76 bits per heavy atom. The van der Waals surface area contributed by atoms with Gasteiger partial charge in [-0.05, 0) is 50.3 Å². The molecule has 2 saturated carbocycles. The number of anilines is 2. The molecule has 2 aliphatic carbocycles. The third-order valence-electron chi connectivity index (χ3n) is 4.03. The Labute approximate surface area is 130 Å². The number of nitrogens with one attached hydrogen (secondary N) is 2. The fourth-order valence-electron chi connectivity index (χ4n) is 2.30. The molecule has 1 aromatic carbocycles. The number of halogens is 1. The van der Waals surface area contributed by atoms with Gasteiger partial charge in [-0.3, -0.25) is 9.59 Å². The smallest absolute Gasteiger partial charge is 0.244 e. The maximum absolute atomic E-state index is 12.0. The van der Waals surface area contributed by atoms with Gasteiger partial charge in [-0.2, -0.15) is 0 Å². The van der Waals surface area contributed by atoms with Crippen LogP contribution in [0.15, 0.2) is 24.3 Å². The second-order valence-corrected chi connectivity index (χ2v) is 5.81. The second-order valence-electron chi connectivity index (χ2n) is 5.81. The molecule has 4 N–H and O–H groups in total. The van der Waals surface area contributed by atoms with Crippen LogP contribution in [0.25, 0.3) is 0 Å². The Bertz CT molecular complexity index is 554. The van der Waals surface area contributed by atoms with Crippen LogP contribution in [0, 0.1) is 5.92 Å². The van der Waals surface area contributed by atoms with E-state index in [2.05, 4.69) is 10.6 Å². The lowest BCUT2D eigenvalue weighted by Gasteiger charge is -2.36. The number of hydrogen-bond acceptors (Lipinski definition) is 3. The summed E-state index contributed by atoms with van der Waals surface area (Å²) in [5.41, 5.74) is 6.64. The third-order valence-corrected chi connectivity index (χ3v) is 4.03. The molecule has 2 aliphatic rings. The minimum Gasteiger partial charge on any atom is -0.326 e. The van der Waals surface area contributed by atoms with Crippen molar-refractivity contribution in [3.8, 4) is 0 Å². The van der Waals surface area contributed by atoms with Gasteiger partial charge in [0.05, 0.1) is 5.54 Å². The maximum Gasteiger partial charge on any atom is 0.244 e. The molecule has 3 rings (SSSR count). The predicted molar refractivity (Wildman–Crippen MR) is 84.4 cm³/mol. The van der Waals surface area contributed by atoms with Crippen LogP contribution >= 0.6 is 12.4 Å². The van der Waals surface area contributed by atoms with E-state index in [1.54, 1.807) is 12.1 Å². The van der Waals surface area contributed by atoms with Gasteiger partial charge in [0.25, 0.3) is 0 Å². The normalized spacial score (nSPS) is 18.9. The summed E-state index contributed by atoms with van der Waals surface area (Å²) in [5, 5.41) is 5.69. The third kappa shape index (κ3) is 3.54. The number of amides is 2. The van der Waals surface area contributed by atoms with Crippen molar-refractivity contribution in [1.29, 1.82) is 0 Å². The van der Waals surface area contributed by atoms with Gasteiger partial charge in [-0.15, -0.1) is 12.4 Å². The fraction of sp³-hybridized carbons (Fsp3) is 0.467. The number of hydrogen-bond donors (Lipinski definition) is 3. The van der Waals surface area contributed by atoms with Crippen molar-refractivity contribution in [2.45, 2.75) is 37.6 Å². The van der Waals surface area contributed by atoms with Gasteiger partial charge in [0.2, 0.25) is 11.8 Å². The minimum atomic E-state index is -0.715. The van der Waals surface area contributed by atoms with E-state index in [1.807, 2.05) is 12.1 Å². The lowest BCUT2D eigenvalue weighted by Crippen LogP contribution is -2.56. The number of nitrogens with two attached hydrogens (primary N) is 1. The van der Waals surface area contributed by atoms with Crippen LogP contribution in [-0.2, 0) is 9.59 Å². The number of benzene rings is 1. The zero-order valence-electron chi connectivity index (χ0n) is 11.7. The quantitative estimate of drug-likeness (QED) is 0.797. The van der Waals surface area contributed by atoms with Crippen LogP contribution < -0.4 is 16.4 Å². The topological polar surface area (TPSA) is 84.2 Å². The molecular formula is C15H20ClN3O2. The first-order chi connectivity index (χ1) is 9.57. The molecule has 0 saturated heterocycles. The first-order valence-electron chi connectivity index (χ1n) is 7.08. The van der Waals surface area contributed by atoms with Crippen LogP contribution in [0.5, 0.6) is 0 Å². The van der Waals surface area contributed by atoms with E-state index in [9.17, 15) is 9.59 Å². The standard InChI is InChI=1S/C15H19N3O2.ClH/c16-15(7-2-8-15)14(20)18-12-4-1-3-11(9-12)17-13(19)10-5-6-10;/h1,3-4,9-10H,2,5-8,16H2,(H,17,19)(H,18,20);1H. The van der Waals surface area contributed by atoms with Gasteiger partial charge < -0.3 is 16.4 Å². The molecule has 6 heteroatoms. The molecule has 0 atom stereocenters. The van der Waals surface area contributed by atoms with Crippen molar-refractivity contribution < 1.29 is 9.59 Å². The Balaban J connectivity index is 0.00000161. The van der Waals surface area contributed by atoms with Crippen molar-refractivity contribution >= 4 is 35.6 Å². The van der Waals surface area contributed by atoms with Gasteiger partial charge in [-0.25, -0.2) is 0 Å². The van der Waals surface area contributed by atoms with Crippen LogP contribution in [-0.4, -0.2) is 17.4 Å². The van der Waals surface area contributed by atoms with Crippen LogP contribution in [0.3, 0.4) is 0 Å². The Hall–Kier alpha value is -1.59. The molecule has 0 bridgehead atoms. The molecule has 1 aromatic rings. The Morgan fingerprint density at radius 3 is 2.29 bits per heavy atom. The first-order valence-corrected chi connectivity index (χ1v) is 7.08. The zero-order chi connectivity index (χ0) is 14.2. The molecule has 0 aliphatic heterocycles. The van der Waals surface area contributed by atoms with Gasteiger partial charge in [0.15, 0.2) is 0 Å². The second kappa shape index (κ2) is 6.03. The summed E-state index contributed by atoms with van der Waals surface area (Å²) in [4.78, 5) is 23.7. The van der Waals surface area contributed by atoms with E-state index >= 15 is 0 Å². The lowest BCUT2D eigenvalue weighted by molar-refractivity contribution is -0.123. The largest absolute Gasteiger partial charge is 0.326 e. The number of carbonyl (C=O) groups excluding carboxylic acids is 2. The average Bonchev–Trinajstić information content (AvgIpc) is 3.20. The summed E-state index contributed by atoms with van der Waals surface area (Å²) in [7, 11) is 0. The molecule has 0 radical (unpaired) electrons. The van der Waals surface area contributed by atoms with Gasteiger partial charge in [0, 0.05) is 17.3 Å². The first kappa shape index (κ1) is 15.8. The molecule has 21 heavy (non-hydrogen) atoms. The molecule has 2 fully saturated rings. The van der Waals surface area contributed by atoms with E-state index < -0.39 is 5.54 Å². The zero-order valence-corrected chi connectivity index (χ0v) is 12.5. The summed E-state index contributed by atoms with van der Waals surface area (Å²) in [6.45, 7) is 0. The maximum atomic E-state index is 12.0. The SMILES string of the molecule is Cl.NC1(C(=O)Nc2cccc(NC(=O)C3CC3)c2)CCC1. The summed E-state index contributed by atoms with van der Waals surface area (Å²) >= 11 is 0. The molecule has 114 valence electrons. The van der Waals surface area contributed by atoms with E-state index in [4.69, 9.17) is 5.73 Å². The fourth-order valence-corrected chi connectivity index (χ4v) is 2.30. The predicted octanol–water partition coefficient (Wildman–Crippen LogP) is 2.28. The van der Waals surface area contributed by atoms with Crippen molar-refractivity contribution in [3.63, 3.8) is 0 Å². The molecule has 2 amide bonds. The highest BCUT2D eigenvalue weighted by atomic mass is 35.5. The van der Waals surface area contributed by atoms with Crippen LogP contribution in [0.1, 0.15) is 32.1 Å². The monoisotopic (exact) mass is 309 g/mol. The van der Waals surface area contributed by atoms with Crippen molar-refractivity contribution in [2.75, 3.05) is 10.6 Å². The summed E-state index contributed by atoms with van der Waals surface area (Å²) < 4.78 is 0. The van der Waals surface area contributed by atoms with Crippen LogP contribution in [0.4, 0.5) is 11.4 Å². The van der Waals surface area contributed by atoms with Crippen LogP contribution in [0.2, 0.25) is 0 Å². The van der Waals surface area contributed by atoms with Gasteiger partial charge in [0.1, 0.15) is 0 Å². The molecule has 0 unspecified atom stereocenters. The molecule has 0 heterocycles.